The van der Waals surface area contributed by atoms with Crippen molar-refractivity contribution in [3.05, 3.63) is 46.2 Å². The first-order chi connectivity index (χ1) is 7.22. The smallest absolute Gasteiger partial charge is 0.0701 e. The highest BCUT2D eigenvalue weighted by Gasteiger charge is 2.07. The highest BCUT2D eigenvalue weighted by molar-refractivity contribution is 9.10. The summed E-state index contributed by atoms with van der Waals surface area (Å²) in [6, 6.07) is 5.97. The molecule has 4 heteroatoms. The molecule has 2 aromatic rings. The van der Waals surface area contributed by atoms with Crippen LogP contribution in [0, 0.1) is 6.92 Å². The van der Waals surface area contributed by atoms with Crippen LogP contribution in [0.3, 0.4) is 0 Å². The zero-order valence-electron chi connectivity index (χ0n) is 8.24. The molecule has 0 bridgehead atoms. The second-order valence-corrected chi connectivity index (χ2v) is 4.45. The predicted octanol–water partition coefficient (Wildman–Crippen LogP) is 3.68. The zero-order chi connectivity index (χ0) is 10.8. The summed E-state index contributed by atoms with van der Waals surface area (Å²) >= 11 is 9.41. The Labute approximate surface area is 102 Å². The topological polar surface area (TPSA) is 17.8 Å². The molecule has 0 aliphatic heterocycles. The number of halogens is 2. The number of alkyl halides is 1. The molecule has 0 saturated heterocycles. The fourth-order valence-corrected chi connectivity index (χ4v) is 2.38. The summed E-state index contributed by atoms with van der Waals surface area (Å²) in [5.74, 6) is 0.468. The highest BCUT2D eigenvalue weighted by Crippen LogP contribution is 2.25. The van der Waals surface area contributed by atoms with E-state index in [1.807, 2.05) is 42.2 Å². The average Bonchev–Trinajstić information content (AvgIpc) is 2.64. The maximum absolute atomic E-state index is 5.92. The molecular weight excluding hydrogens is 275 g/mol. The summed E-state index contributed by atoms with van der Waals surface area (Å²) in [5.41, 5.74) is 3.21. The van der Waals surface area contributed by atoms with Gasteiger partial charge < -0.3 is 0 Å². The fourth-order valence-electron chi connectivity index (χ4n) is 1.44. The first-order valence-corrected chi connectivity index (χ1v) is 5.90. The third kappa shape index (κ3) is 2.08. The summed E-state index contributed by atoms with van der Waals surface area (Å²) in [5, 5.41) is 4.27. The number of nitrogens with zero attached hydrogens (tertiary/aromatic N) is 2. The first-order valence-electron chi connectivity index (χ1n) is 4.57. The molecule has 1 aromatic carbocycles. The van der Waals surface area contributed by atoms with E-state index in [1.54, 1.807) is 0 Å². The molecule has 0 radical (unpaired) electrons. The second-order valence-electron chi connectivity index (χ2n) is 3.33. The zero-order valence-corrected chi connectivity index (χ0v) is 10.6. The van der Waals surface area contributed by atoms with Crippen LogP contribution in [-0.4, -0.2) is 9.78 Å². The number of aryl methyl sites for hydroxylation is 1. The van der Waals surface area contributed by atoms with Crippen molar-refractivity contribution in [3.63, 3.8) is 0 Å². The van der Waals surface area contributed by atoms with Gasteiger partial charge in [-0.1, -0.05) is 22.0 Å². The molecule has 0 saturated carbocycles. The van der Waals surface area contributed by atoms with E-state index in [-0.39, 0.29) is 0 Å². The van der Waals surface area contributed by atoms with Gasteiger partial charge in [-0.05, 0) is 24.6 Å². The molecule has 0 aliphatic carbocycles. The van der Waals surface area contributed by atoms with Gasteiger partial charge >= 0.3 is 0 Å². The Kier molecular flexibility index (Phi) is 3.12. The van der Waals surface area contributed by atoms with E-state index < -0.39 is 0 Å². The third-order valence-corrected chi connectivity index (χ3v) is 3.20. The van der Waals surface area contributed by atoms with Crippen molar-refractivity contribution in [1.29, 1.82) is 0 Å². The fraction of sp³-hybridized carbons (Fsp3) is 0.182. The maximum Gasteiger partial charge on any atom is 0.0701 e. The van der Waals surface area contributed by atoms with Crippen LogP contribution in [0.1, 0.15) is 11.1 Å². The van der Waals surface area contributed by atoms with Gasteiger partial charge in [-0.3, -0.25) is 0 Å². The maximum atomic E-state index is 5.92. The number of benzene rings is 1. The van der Waals surface area contributed by atoms with Crippen LogP contribution in [0.15, 0.2) is 35.1 Å². The number of aromatic nitrogens is 2. The van der Waals surface area contributed by atoms with Crippen LogP contribution in [-0.2, 0) is 5.88 Å². The van der Waals surface area contributed by atoms with Gasteiger partial charge in [-0.2, -0.15) is 5.10 Å². The summed E-state index contributed by atoms with van der Waals surface area (Å²) in [6.07, 6.45) is 3.82. The quantitative estimate of drug-likeness (QED) is 0.770. The van der Waals surface area contributed by atoms with Crippen molar-refractivity contribution >= 4 is 27.5 Å². The minimum absolute atomic E-state index is 0.468. The summed E-state index contributed by atoms with van der Waals surface area (Å²) in [6.45, 7) is 2.02. The molecular formula is C11H10BrClN2. The lowest BCUT2D eigenvalue weighted by Crippen LogP contribution is -1.99. The summed E-state index contributed by atoms with van der Waals surface area (Å²) < 4.78 is 2.86. The van der Waals surface area contributed by atoms with Crippen LogP contribution in [0.25, 0.3) is 5.69 Å². The van der Waals surface area contributed by atoms with E-state index >= 15 is 0 Å². The minimum atomic E-state index is 0.468. The Hall–Kier alpha value is -0.800. The number of rotatable bonds is 2. The third-order valence-electron chi connectivity index (χ3n) is 2.19. The van der Waals surface area contributed by atoms with Gasteiger partial charge in [0.2, 0.25) is 0 Å². The highest BCUT2D eigenvalue weighted by atomic mass is 79.9. The molecule has 0 fully saturated rings. The van der Waals surface area contributed by atoms with Crippen molar-refractivity contribution in [1.82, 2.24) is 9.78 Å². The molecule has 15 heavy (non-hydrogen) atoms. The van der Waals surface area contributed by atoms with Crippen LogP contribution in [0.4, 0.5) is 0 Å². The monoisotopic (exact) mass is 284 g/mol. The Morgan fingerprint density at radius 2 is 2.27 bits per heavy atom. The van der Waals surface area contributed by atoms with E-state index in [0.29, 0.717) is 5.88 Å². The largest absolute Gasteiger partial charge is 0.240 e. The van der Waals surface area contributed by atoms with Crippen LogP contribution in [0.5, 0.6) is 0 Å². The van der Waals surface area contributed by atoms with Crippen molar-refractivity contribution in [3.8, 4) is 5.69 Å². The molecule has 1 heterocycles. The lowest BCUT2D eigenvalue weighted by atomic mass is 10.2. The van der Waals surface area contributed by atoms with Gasteiger partial charge in [0.15, 0.2) is 0 Å². The van der Waals surface area contributed by atoms with Gasteiger partial charge in [-0.25, -0.2) is 4.68 Å². The standard InChI is InChI=1S/C11H10BrClN2/c1-8-6-14-15(7-8)11-4-2-3-10(12)9(11)5-13/h2-4,6-7H,5H2,1H3. The number of hydrogen-bond acceptors (Lipinski definition) is 1. The molecule has 0 aliphatic rings. The second kappa shape index (κ2) is 4.37. The van der Waals surface area contributed by atoms with Crippen molar-refractivity contribution in [2.45, 2.75) is 12.8 Å². The Morgan fingerprint density at radius 1 is 1.47 bits per heavy atom. The molecule has 0 amide bonds. The lowest BCUT2D eigenvalue weighted by Gasteiger charge is -2.08. The van der Waals surface area contributed by atoms with Crippen LogP contribution in [0.2, 0.25) is 0 Å². The molecule has 2 nitrogen and oxygen atoms in total. The van der Waals surface area contributed by atoms with E-state index in [0.717, 1.165) is 21.3 Å². The minimum Gasteiger partial charge on any atom is -0.240 e. The summed E-state index contributed by atoms with van der Waals surface area (Å²) in [4.78, 5) is 0. The molecule has 2 rings (SSSR count). The average molecular weight is 286 g/mol. The van der Waals surface area contributed by atoms with Crippen molar-refractivity contribution < 1.29 is 0 Å². The van der Waals surface area contributed by atoms with Crippen LogP contribution < -0.4 is 0 Å². The van der Waals surface area contributed by atoms with Gasteiger partial charge in [-0.15, -0.1) is 11.6 Å². The Morgan fingerprint density at radius 3 is 2.87 bits per heavy atom. The Bertz CT molecular complexity index is 479. The van der Waals surface area contributed by atoms with E-state index in [9.17, 15) is 0 Å². The number of hydrogen-bond donors (Lipinski definition) is 0. The lowest BCUT2D eigenvalue weighted by molar-refractivity contribution is 0.869. The van der Waals surface area contributed by atoms with Crippen molar-refractivity contribution in [2.24, 2.45) is 0 Å². The molecule has 0 unspecified atom stereocenters. The molecule has 0 atom stereocenters. The molecule has 1 aromatic heterocycles. The molecule has 78 valence electrons. The predicted molar refractivity (Wildman–Crippen MR) is 65.6 cm³/mol. The van der Waals surface area contributed by atoms with Crippen molar-refractivity contribution in [2.75, 3.05) is 0 Å². The normalized spacial score (nSPS) is 10.6. The van der Waals surface area contributed by atoms with E-state index in [4.69, 9.17) is 11.6 Å². The summed E-state index contributed by atoms with van der Waals surface area (Å²) in [7, 11) is 0. The van der Waals surface area contributed by atoms with Crippen LogP contribution >= 0.6 is 27.5 Å². The van der Waals surface area contributed by atoms with Gasteiger partial charge in [0.05, 0.1) is 17.8 Å². The van der Waals surface area contributed by atoms with E-state index in [1.165, 1.54) is 0 Å². The van der Waals surface area contributed by atoms with Gasteiger partial charge in [0.1, 0.15) is 0 Å². The van der Waals surface area contributed by atoms with E-state index in [2.05, 4.69) is 21.0 Å². The first kappa shape index (κ1) is 10.7. The Balaban J connectivity index is 2.57. The SMILES string of the molecule is Cc1cnn(-c2cccc(Br)c2CCl)c1. The molecule has 0 spiro atoms. The molecule has 0 N–H and O–H groups in total. The van der Waals surface area contributed by atoms with Gasteiger partial charge in [0, 0.05) is 16.2 Å². The van der Waals surface area contributed by atoms with Gasteiger partial charge in [0.25, 0.3) is 0 Å².